The Labute approximate surface area is 111 Å². The van der Waals surface area contributed by atoms with Crippen LogP contribution in [0.5, 0.6) is 0 Å². The van der Waals surface area contributed by atoms with Crippen molar-refractivity contribution < 1.29 is 0 Å². The van der Waals surface area contributed by atoms with Crippen LogP contribution < -0.4 is 5.73 Å². The van der Waals surface area contributed by atoms with Crippen molar-refractivity contribution in [1.82, 2.24) is 4.90 Å². The molecule has 2 rings (SSSR count). The molecule has 0 saturated heterocycles. The number of hydrogen-bond donors (Lipinski definition) is 1. The molecule has 0 unspecified atom stereocenters. The van der Waals surface area contributed by atoms with E-state index in [0.717, 1.165) is 24.1 Å². The van der Waals surface area contributed by atoms with Gasteiger partial charge < -0.3 is 10.6 Å². The van der Waals surface area contributed by atoms with Gasteiger partial charge >= 0.3 is 0 Å². The van der Waals surface area contributed by atoms with E-state index in [-0.39, 0.29) is 0 Å². The topological polar surface area (TPSA) is 29.3 Å². The molecule has 0 heterocycles. The second-order valence-electron chi connectivity index (χ2n) is 5.94. The van der Waals surface area contributed by atoms with Crippen LogP contribution in [0.25, 0.3) is 0 Å². The van der Waals surface area contributed by atoms with Gasteiger partial charge in [-0.1, -0.05) is 26.0 Å². The highest BCUT2D eigenvalue weighted by Gasteiger charge is 2.28. The van der Waals surface area contributed by atoms with Gasteiger partial charge in [0.1, 0.15) is 0 Å². The molecule has 0 radical (unpaired) electrons. The quantitative estimate of drug-likeness (QED) is 0.748. The van der Waals surface area contributed by atoms with Gasteiger partial charge in [-0.2, -0.15) is 0 Å². The molecule has 1 saturated carbocycles. The normalized spacial score (nSPS) is 15.6. The van der Waals surface area contributed by atoms with E-state index < -0.39 is 0 Å². The fraction of sp³-hybridized carbons (Fsp3) is 0.625. The minimum atomic E-state index is 0.804. The first-order chi connectivity index (χ1) is 8.65. The van der Waals surface area contributed by atoms with Gasteiger partial charge in [-0.25, -0.2) is 0 Å². The summed E-state index contributed by atoms with van der Waals surface area (Å²) < 4.78 is 0. The van der Waals surface area contributed by atoms with Crippen LogP contribution in [0.3, 0.4) is 0 Å². The van der Waals surface area contributed by atoms with Crippen molar-refractivity contribution in [3.8, 4) is 0 Å². The van der Waals surface area contributed by atoms with E-state index in [1.54, 1.807) is 0 Å². The van der Waals surface area contributed by atoms with Crippen LogP contribution in [0.2, 0.25) is 0 Å². The zero-order valence-electron chi connectivity index (χ0n) is 11.7. The summed E-state index contributed by atoms with van der Waals surface area (Å²) in [5, 5.41) is 0. The van der Waals surface area contributed by atoms with Crippen molar-refractivity contribution in [2.75, 3.05) is 18.8 Å². The fourth-order valence-electron chi connectivity index (χ4n) is 2.36. The molecular formula is C16H26N2. The summed E-state index contributed by atoms with van der Waals surface area (Å²) in [6, 6.07) is 9.17. The van der Waals surface area contributed by atoms with Crippen molar-refractivity contribution in [1.29, 1.82) is 0 Å². The number of nitrogens with two attached hydrogens (primary N) is 1. The van der Waals surface area contributed by atoms with Gasteiger partial charge in [-0.15, -0.1) is 0 Å². The van der Waals surface area contributed by atoms with Gasteiger partial charge in [0.15, 0.2) is 0 Å². The van der Waals surface area contributed by atoms with E-state index >= 15 is 0 Å². The van der Waals surface area contributed by atoms with Crippen molar-refractivity contribution in [3.63, 3.8) is 0 Å². The molecule has 0 atom stereocenters. The first kappa shape index (κ1) is 13.4. The van der Waals surface area contributed by atoms with Gasteiger partial charge in [-0.3, -0.25) is 0 Å². The van der Waals surface area contributed by atoms with Crippen molar-refractivity contribution in [2.24, 2.45) is 5.92 Å². The maximum atomic E-state index is 5.82. The predicted molar refractivity (Wildman–Crippen MR) is 78.6 cm³/mol. The van der Waals surface area contributed by atoms with Gasteiger partial charge in [-0.05, 0) is 55.8 Å². The number of rotatable bonds is 7. The van der Waals surface area contributed by atoms with Crippen LogP contribution in [0, 0.1) is 5.92 Å². The Morgan fingerprint density at radius 2 is 2.06 bits per heavy atom. The Balaban J connectivity index is 1.82. The highest BCUT2D eigenvalue weighted by Crippen LogP contribution is 2.27. The van der Waals surface area contributed by atoms with Crippen molar-refractivity contribution >= 4 is 5.69 Å². The molecule has 2 heteroatoms. The highest BCUT2D eigenvalue weighted by atomic mass is 15.2. The Morgan fingerprint density at radius 1 is 1.28 bits per heavy atom. The number of nitrogens with zero attached hydrogens (tertiary/aromatic N) is 1. The average Bonchev–Trinajstić information content (AvgIpc) is 3.13. The monoisotopic (exact) mass is 246 g/mol. The molecule has 0 aliphatic heterocycles. The highest BCUT2D eigenvalue weighted by molar-refractivity contribution is 5.40. The molecule has 1 fully saturated rings. The molecule has 2 N–H and O–H groups in total. The summed E-state index contributed by atoms with van der Waals surface area (Å²) in [5.74, 6) is 0.804. The molecule has 1 aliphatic carbocycles. The molecule has 0 amide bonds. The Kier molecular flexibility index (Phi) is 4.65. The van der Waals surface area contributed by atoms with Crippen LogP contribution in [0.4, 0.5) is 5.69 Å². The van der Waals surface area contributed by atoms with Crippen LogP contribution >= 0.6 is 0 Å². The standard InChI is InChI=1S/C16H26N2/c1-13(2)8-10-18(16-6-7-16)11-9-14-4-3-5-15(17)12-14/h3-5,12-13,16H,6-11,17H2,1-2H3. The summed E-state index contributed by atoms with van der Waals surface area (Å²) in [6.07, 6.45) is 5.23. The van der Waals surface area contributed by atoms with E-state index in [2.05, 4.69) is 36.9 Å². The molecule has 0 spiro atoms. The molecule has 0 aromatic heterocycles. The van der Waals surface area contributed by atoms with Crippen molar-refractivity contribution in [2.45, 2.75) is 45.6 Å². The fourth-order valence-corrected chi connectivity index (χ4v) is 2.36. The SMILES string of the molecule is CC(C)CCN(CCc1cccc(N)c1)C1CC1. The summed E-state index contributed by atoms with van der Waals surface area (Å²) in [4.78, 5) is 2.67. The average molecular weight is 246 g/mol. The van der Waals surface area contributed by atoms with Gasteiger partial charge in [0.2, 0.25) is 0 Å². The lowest BCUT2D eigenvalue weighted by Crippen LogP contribution is -2.30. The first-order valence-electron chi connectivity index (χ1n) is 7.23. The lowest BCUT2D eigenvalue weighted by molar-refractivity contribution is 0.251. The predicted octanol–water partition coefficient (Wildman–Crippen LogP) is 3.32. The third kappa shape index (κ3) is 4.34. The maximum absolute atomic E-state index is 5.82. The van der Waals surface area contributed by atoms with Crippen LogP contribution in [0.1, 0.15) is 38.7 Å². The van der Waals surface area contributed by atoms with Gasteiger partial charge in [0.05, 0.1) is 0 Å². The van der Waals surface area contributed by atoms with E-state index in [0.29, 0.717) is 0 Å². The molecule has 1 aromatic rings. The third-order valence-electron chi connectivity index (χ3n) is 3.70. The number of anilines is 1. The largest absolute Gasteiger partial charge is 0.399 e. The Hall–Kier alpha value is -1.02. The smallest absolute Gasteiger partial charge is 0.0316 e. The summed E-state index contributed by atoms with van der Waals surface area (Å²) in [5.41, 5.74) is 8.07. The maximum Gasteiger partial charge on any atom is 0.0316 e. The summed E-state index contributed by atoms with van der Waals surface area (Å²) in [7, 11) is 0. The number of hydrogen-bond acceptors (Lipinski definition) is 2. The molecule has 100 valence electrons. The minimum absolute atomic E-state index is 0.804. The lowest BCUT2D eigenvalue weighted by Gasteiger charge is -2.23. The molecule has 0 bridgehead atoms. The molecule has 1 aromatic carbocycles. The molecule has 18 heavy (non-hydrogen) atoms. The minimum Gasteiger partial charge on any atom is -0.399 e. The molecule has 1 aliphatic rings. The lowest BCUT2D eigenvalue weighted by atomic mass is 10.1. The zero-order chi connectivity index (χ0) is 13.0. The van der Waals surface area contributed by atoms with Crippen molar-refractivity contribution in [3.05, 3.63) is 29.8 Å². The first-order valence-corrected chi connectivity index (χ1v) is 7.23. The van der Waals surface area contributed by atoms with E-state index in [4.69, 9.17) is 5.73 Å². The summed E-state index contributed by atoms with van der Waals surface area (Å²) >= 11 is 0. The van der Waals surface area contributed by atoms with Crippen LogP contribution in [-0.2, 0) is 6.42 Å². The van der Waals surface area contributed by atoms with E-state index in [1.165, 1.54) is 37.9 Å². The zero-order valence-corrected chi connectivity index (χ0v) is 11.7. The Bertz CT molecular complexity index is 369. The van der Waals surface area contributed by atoms with E-state index in [9.17, 15) is 0 Å². The number of benzene rings is 1. The second-order valence-corrected chi connectivity index (χ2v) is 5.94. The van der Waals surface area contributed by atoms with Gasteiger partial charge in [0.25, 0.3) is 0 Å². The third-order valence-corrected chi connectivity index (χ3v) is 3.70. The van der Waals surface area contributed by atoms with E-state index in [1.807, 2.05) is 6.07 Å². The van der Waals surface area contributed by atoms with Gasteiger partial charge in [0, 0.05) is 18.3 Å². The summed E-state index contributed by atoms with van der Waals surface area (Å²) in [6.45, 7) is 7.05. The Morgan fingerprint density at radius 3 is 2.67 bits per heavy atom. The number of nitrogen functional groups attached to an aromatic ring is 1. The second kappa shape index (κ2) is 6.24. The van der Waals surface area contributed by atoms with Crippen LogP contribution in [0.15, 0.2) is 24.3 Å². The molecular weight excluding hydrogens is 220 g/mol. The molecule has 2 nitrogen and oxygen atoms in total. The van der Waals surface area contributed by atoms with Crippen LogP contribution in [-0.4, -0.2) is 24.0 Å².